The van der Waals surface area contributed by atoms with E-state index in [1.807, 2.05) is 0 Å². The second-order valence-electron chi connectivity index (χ2n) is 3.43. The number of ether oxygens (including phenoxy) is 1. The van der Waals surface area contributed by atoms with Crippen molar-refractivity contribution >= 4 is 11.6 Å². The Bertz CT molecular complexity index is 355. The van der Waals surface area contributed by atoms with E-state index in [2.05, 4.69) is 0 Å². The smallest absolute Gasteiger partial charge is 0.260 e. The van der Waals surface area contributed by atoms with E-state index < -0.39 is 12.0 Å². The molecule has 1 aromatic carbocycles. The highest BCUT2D eigenvalue weighted by molar-refractivity contribution is 6.32. The van der Waals surface area contributed by atoms with Crippen molar-refractivity contribution in [3.8, 4) is 5.75 Å². The molecule has 0 heterocycles. The Labute approximate surface area is 92.0 Å². The first kappa shape index (κ1) is 12.2. The lowest BCUT2D eigenvalue weighted by molar-refractivity contribution is 0.0624. The van der Waals surface area contributed by atoms with Gasteiger partial charge in [0.15, 0.2) is 0 Å². The predicted octanol–water partition coefficient (Wildman–Crippen LogP) is 2.79. The minimum absolute atomic E-state index is 0.291. The number of alkyl halides is 2. The van der Waals surface area contributed by atoms with E-state index in [1.165, 1.54) is 32.2 Å². The molecular formula is C10H12ClF2NO. The lowest BCUT2D eigenvalue weighted by atomic mass is 9.93. The number of methoxy groups -OCH3 is 1. The maximum Gasteiger partial charge on any atom is 0.260 e. The Hall–Kier alpha value is -0.870. The fourth-order valence-electron chi connectivity index (χ4n) is 1.12. The van der Waals surface area contributed by atoms with E-state index in [0.29, 0.717) is 16.3 Å². The Morgan fingerprint density at radius 1 is 1.47 bits per heavy atom. The Morgan fingerprint density at radius 3 is 2.53 bits per heavy atom. The molecule has 0 saturated heterocycles. The minimum Gasteiger partial charge on any atom is -0.495 e. The number of hydrogen-bond donors (Lipinski definition) is 1. The maximum atomic E-state index is 12.6. The number of hydrogen-bond acceptors (Lipinski definition) is 2. The van der Waals surface area contributed by atoms with Crippen LogP contribution in [0.3, 0.4) is 0 Å². The molecule has 0 radical (unpaired) electrons. The average molecular weight is 236 g/mol. The van der Waals surface area contributed by atoms with Gasteiger partial charge in [-0.25, -0.2) is 8.78 Å². The fraction of sp³-hybridized carbons (Fsp3) is 0.400. The van der Waals surface area contributed by atoms with Gasteiger partial charge in [-0.05, 0) is 24.6 Å². The molecule has 0 aliphatic heterocycles. The summed E-state index contributed by atoms with van der Waals surface area (Å²) in [6.45, 7) is 1.26. The molecule has 2 N–H and O–H groups in total. The van der Waals surface area contributed by atoms with E-state index in [1.54, 1.807) is 0 Å². The molecule has 1 atom stereocenters. The van der Waals surface area contributed by atoms with Gasteiger partial charge in [-0.3, -0.25) is 0 Å². The summed E-state index contributed by atoms with van der Waals surface area (Å²) in [4.78, 5) is 0. The molecule has 0 aliphatic carbocycles. The van der Waals surface area contributed by atoms with Gasteiger partial charge in [0.1, 0.15) is 5.75 Å². The van der Waals surface area contributed by atoms with Crippen molar-refractivity contribution < 1.29 is 13.5 Å². The van der Waals surface area contributed by atoms with Crippen LogP contribution in [0.25, 0.3) is 0 Å². The molecule has 5 heteroatoms. The second-order valence-corrected chi connectivity index (χ2v) is 3.84. The van der Waals surface area contributed by atoms with Crippen molar-refractivity contribution in [1.82, 2.24) is 0 Å². The van der Waals surface area contributed by atoms with Crippen LogP contribution in [0.4, 0.5) is 8.78 Å². The molecule has 1 rings (SSSR count). The van der Waals surface area contributed by atoms with Crippen molar-refractivity contribution in [3.63, 3.8) is 0 Å². The molecule has 0 saturated carbocycles. The van der Waals surface area contributed by atoms with Gasteiger partial charge in [0.05, 0.1) is 17.7 Å². The maximum absolute atomic E-state index is 12.6. The lowest BCUT2D eigenvalue weighted by Crippen LogP contribution is -2.40. The summed E-state index contributed by atoms with van der Waals surface area (Å²) in [6.07, 6.45) is -2.65. The van der Waals surface area contributed by atoms with Crippen LogP contribution in [0.1, 0.15) is 12.5 Å². The largest absolute Gasteiger partial charge is 0.495 e. The Kier molecular flexibility index (Phi) is 3.52. The van der Waals surface area contributed by atoms with Crippen LogP contribution < -0.4 is 10.5 Å². The summed E-state index contributed by atoms with van der Waals surface area (Å²) in [6, 6.07) is 4.38. The van der Waals surface area contributed by atoms with Crippen molar-refractivity contribution in [2.75, 3.05) is 7.11 Å². The third-order valence-corrected chi connectivity index (χ3v) is 2.54. The molecule has 1 unspecified atom stereocenters. The first-order valence-corrected chi connectivity index (χ1v) is 4.68. The van der Waals surface area contributed by atoms with Crippen LogP contribution >= 0.6 is 11.6 Å². The standard InChI is InChI=1S/C10H12ClF2NO/c1-10(14,9(12)13)6-3-4-7(11)8(5-6)15-2/h3-5,9H,14H2,1-2H3. The molecule has 2 nitrogen and oxygen atoms in total. The highest BCUT2D eigenvalue weighted by Crippen LogP contribution is 2.32. The van der Waals surface area contributed by atoms with E-state index >= 15 is 0 Å². The third-order valence-electron chi connectivity index (χ3n) is 2.23. The summed E-state index contributed by atoms with van der Waals surface area (Å²) in [5, 5.41) is 0.367. The Morgan fingerprint density at radius 2 is 2.07 bits per heavy atom. The van der Waals surface area contributed by atoms with E-state index in [4.69, 9.17) is 22.1 Å². The molecule has 0 amide bonds. The zero-order chi connectivity index (χ0) is 11.6. The van der Waals surface area contributed by atoms with Gasteiger partial charge >= 0.3 is 0 Å². The quantitative estimate of drug-likeness (QED) is 0.875. The number of nitrogens with two attached hydrogens (primary N) is 1. The first-order chi connectivity index (χ1) is 6.89. The summed E-state index contributed by atoms with van der Waals surface area (Å²) < 4.78 is 30.2. The monoisotopic (exact) mass is 235 g/mol. The zero-order valence-electron chi connectivity index (χ0n) is 8.43. The predicted molar refractivity (Wildman–Crippen MR) is 55.5 cm³/mol. The first-order valence-electron chi connectivity index (χ1n) is 4.30. The van der Waals surface area contributed by atoms with Gasteiger partial charge in [-0.15, -0.1) is 0 Å². The SMILES string of the molecule is COc1cc(C(C)(N)C(F)F)ccc1Cl. The summed E-state index contributed by atoms with van der Waals surface area (Å²) in [5.41, 5.74) is 4.10. The second kappa shape index (κ2) is 4.33. The highest BCUT2D eigenvalue weighted by Gasteiger charge is 2.32. The summed E-state index contributed by atoms with van der Waals surface area (Å²) in [5.74, 6) is 0.339. The van der Waals surface area contributed by atoms with Crippen LogP contribution in [0.2, 0.25) is 5.02 Å². The molecule has 15 heavy (non-hydrogen) atoms. The van der Waals surface area contributed by atoms with Gasteiger partial charge in [0.2, 0.25) is 0 Å². The van der Waals surface area contributed by atoms with Crippen LogP contribution in [0.5, 0.6) is 5.75 Å². The van der Waals surface area contributed by atoms with Crippen molar-refractivity contribution in [3.05, 3.63) is 28.8 Å². The van der Waals surface area contributed by atoms with E-state index in [9.17, 15) is 8.78 Å². The van der Waals surface area contributed by atoms with Crippen molar-refractivity contribution in [2.24, 2.45) is 5.73 Å². The zero-order valence-corrected chi connectivity index (χ0v) is 9.18. The summed E-state index contributed by atoms with van der Waals surface area (Å²) in [7, 11) is 1.42. The van der Waals surface area contributed by atoms with Crippen LogP contribution in [0.15, 0.2) is 18.2 Å². The average Bonchev–Trinajstić information content (AvgIpc) is 2.18. The third kappa shape index (κ3) is 2.38. The number of rotatable bonds is 3. The lowest BCUT2D eigenvalue weighted by Gasteiger charge is -2.24. The van der Waals surface area contributed by atoms with Gasteiger partial charge in [0, 0.05) is 0 Å². The summed E-state index contributed by atoms with van der Waals surface area (Å²) >= 11 is 5.77. The molecule has 0 bridgehead atoms. The van der Waals surface area contributed by atoms with Crippen LogP contribution in [-0.4, -0.2) is 13.5 Å². The van der Waals surface area contributed by atoms with Gasteiger partial charge in [-0.1, -0.05) is 17.7 Å². The molecule has 0 fully saturated rings. The van der Waals surface area contributed by atoms with Crippen LogP contribution in [-0.2, 0) is 5.54 Å². The highest BCUT2D eigenvalue weighted by atomic mass is 35.5. The van der Waals surface area contributed by atoms with Crippen molar-refractivity contribution in [2.45, 2.75) is 18.9 Å². The molecular weight excluding hydrogens is 224 g/mol. The van der Waals surface area contributed by atoms with E-state index in [0.717, 1.165) is 0 Å². The van der Waals surface area contributed by atoms with Gasteiger partial charge in [0.25, 0.3) is 6.43 Å². The Balaban J connectivity index is 3.16. The normalized spacial score (nSPS) is 15.1. The molecule has 0 aromatic heterocycles. The van der Waals surface area contributed by atoms with Gasteiger partial charge in [-0.2, -0.15) is 0 Å². The fourth-order valence-corrected chi connectivity index (χ4v) is 1.32. The molecule has 1 aromatic rings. The molecule has 84 valence electrons. The topological polar surface area (TPSA) is 35.2 Å². The van der Waals surface area contributed by atoms with Crippen LogP contribution in [0, 0.1) is 0 Å². The van der Waals surface area contributed by atoms with Crippen molar-refractivity contribution in [1.29, 1.82) is 0 Å². The molecule has 0 aliphatic rings. The number of benzene rings is 1. The molecule has 0 spiro atoms. The number of halogens is 3. The minimum atomic E-state index is -2.65. The van der Waals surface area contributed by atoms with Gasteiger partial charge < -0.3 is 10.5 Å². The van der Waals surface area contributed by atoms with E-state index in [-0.39, 0.29) is 0 Å².